The summed E-state index contributed by atoms with van der Waals surface area (Å²) in [4.78, 5) is 14.9. The highest BCUT2D eigenvalue weighted by molar-refractivity contribution is 5.85. The van der Waals surface area contributed by atoms with E-state index in [-0.39, 0.29) is 48.3 Å². The van der Waals surface area contributed by atoms with Crippen molar-refractivity contribution in [3.63, 3.8) is 0 Å². The Morgan fingerprint density at radius 3 is 2.84 bits per heavy atom. The van der Waals surface area contributed by atoms with E-state index in [1.807, 2.05) is 35.8 Å². The molecule has 8 heteroatoms. The number of carbonyl (C=O) groups is 1. The van der Waals surface area contributed by atoms with E-state index in [0.29, 0.717) is 26.2 Å². The summed E-state index contributed by atoms with van der Waals surface area (Å²) < 4.78 is 7.72. The van der Waals surface area contributed by atoms with Crippen LogP contribution in [0.5, 0.6) is 0 Å². The van der Waals surface area contributed by atoms with Crippen molar-refractivity contribution in [3.8, 4) is 0 Å². The second-order valence-electron chi connectivity index (χ2n) is 7.32. The molecule has 0 spiro atoms. The minimum Gasteiger partial charge on any atom is -0.373 e. The third kappa shape index (κ3) is 5.33. The van der Waals surface area contributed by atoms with Crippen LogP contribution in [0.1, 0.15) is 38.2 Å². The summed E-state index contributed by atoms with van der Waals surface area (Å²) in [5, 5.41) is 4.31. The highest BCUT2D eigenvalue weighted by atomic mass is 35.5. The first-order valence-corrected chi connectivity index (χ1v) is 8.64. The Hall–Kier alpha value is -0.820. The van der Waals surface area contributed by atoms with E-state index in [0.717, 1.165) is 31.2 Å². The molecule has 1 aliphatic carbocycles. The van der Waals surface area contributed by atoms with Gasteiger partial charge in [0.1, 0.15) is 0 Å². The Morgan fingerprint density at radius 1 is 1.44 bits per heavy atom. The molecule has 1 amide bonds. The summed E-state index contributed by atoms with van der Waals surface area (Å²) in [6.45, 7) is 6.61. The molecular weight excluding hydrogens is 363 g/mol. The van der Waals surface area contributed by atoms with Gasteiger partial charge in [-0.05, 0) is 32.3 Å². The molecule has 2 aliphatic rings. The van der Waals surface area contributed by atoms with Gasteiger partial charge in [-0.15, -0.1) is 24.8 Å². The molecule has 25 heavy (non-hydrogen) atoms. The SMILES string of the molecule is Cc1cnn(CC2CN(C(=O)C3CCCCC3(C)N)CCO2)c1.Cl.Cl. The first-order valence-electron chi connectivity index (χ1n) is 8.64. The van der Waals surface area contributed by atoms with Crippen molar-refractivity contribution in [1.82, 2.24) is 14.7 Å². The first-order chi connectivity index (χ1) is 11.0. The maximum Gasteiger partial charge on any atom is 0.227 e. The van der Waals surface area contributed by atoms with Crippen molar-refractivity contribution < 1.29 is 9.53 Å². The fourth-order valence-electron chi connectivity index (χ4n) is 3.79. The lowest BCUT2D eigenvalue weighted by Crippen LogP contribution is -2.56. The number of amides is 1. The molecule has 0 bridgehead atoms. The van der Waals surface area contributed by atoms with Gasteiger partial charge in [0.05, 0.1) is 31.4 Å². The average molecular weight is 393 g/mol. The number of aromatic nitrogens is 2. The Kier molecular flexibility index (Phi) is 8.19. The molecule has 3 atom stereocenters. The fourth-order valence-corrected chi connectivity index (χ4v) is 3.79. The van der Waals surface area contributed by atoms with E-state index in [1.54, 1.807) is 0 Å². The maximum atomic E-state index is 12.9. The highest BCUT2D eigenvalue weighted by Gasteiger charge is 2.40. The largest absolute Gasteiger partial charge is 0.373 e. The monoisotopic (exact) mass is 392 g/mol. The van der Waals surface area contributed by atoms with Crippen LogP contribution in [-0.4, -0.2) is 51.9 Å². The minimum atomic E-state index is -0.373. The van der Waals surface area contributed by atoms with E-state index < -0.39 is 0 Å². The van der Waals surface area contributed by atoms with Gasteiger partial charge in [0.15, 0.2) is 0 Å². The van der Waals surface area contributed by atoms with Gasteiger partial charge in [0, 0.05) is 24.8 Å². The van der Waals surface area contributed by atoms with Gasteiger partial charge in [-0.2, -0.15) is 5.10 Å². The Bertz CT molecular complexity index is 565. The summed E-state index contributed by atoms with van der Waals surface area (Å²) in [6, 6.07) is 0. The average Bonchev–Trinajstić information content (AvgIpc) is 2.91. The number of nitrogens with zero attached hydrogens (tertiary/aromatic N) is 3. The first kappa shape index (κ1) is 22.2. The molecular formula is C17H30Cl2N4O2. The van der Waals surface area contributed by atoms with Crippen LogP contribution in [0.15, 0.2) is 12.4 Å². The third-order valence-corrected chi connectivity index (χ3v) is 5.16. The minimum absolute atomic E-state index is 0. The van der Waals surface area contributed by atoms with E-state index in [2.05, 4.69) is 5.10 Å². The molecule has 3 rings (SSSR count). The van der Waals surface area contributed by atoms with Crippen LogP contribution >= 0.6 is 24.8 Å². The van der Waals surface area contributed by atoms with Crippen LogP contribution in [-0.2, 0) is 16.1 Å². The Balaban J connectivity index is 0.00000156. The van der Waals surface area contributed by atoms with Gasteiger partial charge in [-0.1, -0.05) is 12.8 Å². The summed E-state index contributed by atoms with van der Waals surface area (Å²) >= 11 is 0. The second kappa shape index (κ2) is 9.21. The zero-order valence-electron chi connectivity index (χ0n) is 15.0. The topological polar surface area (TPSA) is 73.4 Å². The lowest BCUT2D eigenvalue weighted by molar-refractivity contribution is -0.147. The van der Waals surface area contributed by atoms with Crippen LogP contribution < -0.4 is 5.73 Å². The van der Waals surface area contributed by atoms with Gasteiger partial charge in [-0.3, -0.25) is 9.48 Å². The lowest BCUT2D eigenvalue weighted by Gasteiger charge is -2.42. The zero-order chi connectivity index (χ0) is 16.4. The number of ether oxygens (including phenoxy) is 1. The molecule has 3 unspecified atom stereocenters. The van der Waals surface area contributed by atoms with Crippen molar-refractivity contribution in [2.45, 2.75) is 57.7 Å². The summed E-state index contributed by atoms with van der Waals surface area (Å²) in [5.74, 6) is 0.154. The molecule has 144 valence electrons. The molecule has 2 fully saturated rings. The predicted molar refractivity (Wildman–Crippen MR) is 102 cm³/mol. The Labute approximate surface area is 162 Å². The highest BCUT2D eigenvalue weighted by Crippen LogP contribution is 2.33. The molecule has 1 aromatic heterocycles. The van der Waals surface area contributed by atoms with Crippen LogP contribution in [0.25, 0.3) is 0 Å². The van der Waals surface area contributed by atoms with Gasteiger partial charge >= 0.3 is 0 Å². The molecule has 2 N–H and O–H groups in total. The van der Waals surface area contributed by atoms with Gasteiger partial charge in [0.25, 0.3) is 0 Å². The summed E-state index contributed by atoms with van der Waals surface area (Å²) in [7, 11) is 0. The number of aryl methyl sites for hydroxylation is 1. The van der Waals surface area contributed by atoms with Crippen LogP contribution in [0.3, 0.4) is 0 Å². The van der Waals surface area contributed by atoms with E-state index in [9.17, 15) is 4.79 Å². The number of hydrogen-bond donors (Lipinski definition) is 1. The summed E-state index contributed by atoms with van der Waals surface area (Å²) in [5.41, 5.74) is 7.16. The van der Waals surface area contributed by atoms with Crippen molar-refractivity contribution in [2.75, 3.05) is 19.7 Å². The number of morpholine rings is 1. The number of nitrogens with two attached hydrogens (primary N) is 1. The number of hydrogen-bond acceptors (Lipinski definition) is 4. The normalized spacial score (nSPS) is 29.5. The van der Waals surface area contributed by atoms with Crippen molar-refractivity contribution in [2.24, 2.45) is 11.7 Å². The van der Waals surface area contributed by atoms with Gasteiger partial charge < -0.3 is 15.4 Å². The smallest absolute Gasteiger partial charge is 0.227 e. The summed E-state index contributed by atoms with van der Waals surface area (Å²) in [6.07, 6.45) is 7.91. The third-order valence-electron chi connectivity index (χ3n) is 5.16. The molecule has 1 aliphatic heterocycles. The molecule has 1 aromatic rings. The van der Waals surface area contributed by atoms with Crippen LogP contribution in [0, 0.1) is 12.8 Å². The van der Waals surface area contributed by atoms with Crippen molar-refractivity contribution in [1.29, 1.82) is 0 Å². The number of halogens is 2. The molecule has 0 radical (unpaired) electrons. The standard InChI is InChI=1S/C17H28N4O2.2ClH/c1-13-9-19-21(10-13)12-14-11-20(7-8-23-14)16(22)15-5-3-4-6-17(15,2)18;;/h9-10,14-15H,3-8,11-12,18H2,1-2H3;2*1H. The van der Waals surface area contributed by atoms with Crippen LogP contribution in [0.2, 0.25) is 0 Å². The lowest BCUT2D eigenvalue weighted by atomic mass is 9.74. The molecule has 2 heterocycles. The van der Waals surface area contributed by atoms with E-state index >= 15 is 0 Å². The fraction of sp³-hybridized carbons (Fsp3) is 0.765. The zero-order valence-corrected chi connectivity index (χ0v) is 16.7. The van der Waals surface area contributed by atoms with Crippen molar-refractivity contribution >= 4 is 30.7 Å². The van der Waals surface area contributed by atoms with Crippen LogP contribution in [0.4, 0.5) is 0 Å². The van der Waals surface area contributed by atoms with Gasteiger partial charge in [0.2, 0.25) is 5.91 Å². The van der Waals surface area contributed by atoms with E-state index in [1.165, 1.54) is 0 Å². The van der Waals surface area contributed by atoms with E-state index in [4.69, 9.17) is 10.5 Å². The second-order valence-corrected chi connectivity index (χ2v) is 7.32. The number of carbonyl (C=O) groups excluding carboxylic acids is 1. The van der Waals surface area contributed by atoms with Crippen molar-refractivity contribution in [3.05, 3.63) is 18.0 Å². The molecule has 6 nitrogen and oxygen atoms in total. The Morgan fingerprint density at radius 2 is 2.20 bits per heavy atom. The predicted octanol–water partition coefficient (Wildman–Crippen LogP) is 2.17. The molecule has 0 aromatic carbocycles. The quantitative estimate of drug-likeness (QED) is 0.854. The van der Waals surface area contributed by atoms with Gasteiger partial charge in [-0.25, -0.2) is 0 Å². The maximum absolute atomic E-state index is 12.9. The molecule has 1 saturated heterocycles. The molecule has 1 saturated carbocycles. The number of rotatable bonds is 3.